The van der Waals surface area contributed by atoms with Gasteiger partial charge in [-0.2, -0.15) is 0 Å². The molecule has 0 bridgehead atoms. The van der Waals surface area contributed by atoms with Crippen LogP contribution in [0.15, 0.2) is 0 Å². The van der Waals surface area contributed by atoms with Crippen LogP contribution in [0.2, 0.25) is 0 Å². The highest BCUT2D eigenvalue weighted by molar-refractivity contribution is 8.66. The normalized spacial score (nSPS) is 18.6. The SMILES string of the molecule is CCCCC(C)S(C(C)CC)=P(O)(O)S. The van der Waals surface area contributed by atoms with Gasteiger partial charge < -0.3 is 9.79 Å². The first-order valence-electron chi connectivity index (χ1n) is 5.64. The summed E-state index contributed by atoms with van der Waals surface area (Å²) in [6, 6.07) is 0. The Morgan fingerprint density at radius 2 is 1.73 bits per heavy atom. The van der Waals surface area contributed by atoms with E-state index in [-0.39, 0.29) is 10.1 Å². The minimum Gasteiger partial charge on any atom is -0.341 e. The molecule has 0 fully saturated rings. The van der Waals surface area contributed by atoms with Crippen molar-refractivity contribution in [1.82, 2.24) is 0 Å². The van der Waals surface area contributed by atoms with Gasteiger partial charge in [-0.1, -0.05) is 52.8 Å². The molecule has 3 atom stereocenters. The van der Waals surface area contributed by atoms with E-state index in [1.807, 2.05) is 0 Å². The minimum absolute atomic E-state index is 0.346. The lowest BCUT2D eigenvalue weighted by Crippen LogP contribution is -2.21. The van der Waals surface area contributed by atoms with Crippen LogP contribution in [0.4, 0.5) is 0 Å². The van der Waals surface area contributed by atoms with E-state index in [4.69, 9.17) is 0 Å². The first kappa shape index (κ1) is 16.1. The summed E-state index contributed by atoms with van der Waals surface area (Å²) in [5.74, 6) is 0. The Kier molecular flexibility index (Phi) is 7.91. The van der Waals surface area contributed by atoms with Crippen molar-refractivity contribution in [2.75, 3.05) is 0 Å². The summed E-state index contributed by atoms with van der Waals surface area (Å²) in [6.45, 7) is 8.49. The molecule has 5 heteroatoms. The van der Waals surface area contributed by atoms with Crippen molar-refractivity contribution < 1.29 is 9.79 Å². The lowest BCUT2D eigenvalue weighted by Gasteiger charge is -2.27. The van der Waals surface area contributed by atoms with Gasteiger partial charge in [0, 0.05) is 10.5 Å². The van der Waals surface area contributed by atoms with Gasteiger partial charge in [-0.05, 0) is 12.8 Å². The van der Waals surface area contributed by atoms with Crippen LogP contribution >= 0.6 is 17.9 Å². The molecule has 0 amide bonds. The molecule has 0 spiro atoms. The van der Waals surface area contributed by atoms with Gasteiger partial charge in [0.15, 0.2) is 5.69 Å². The molecule has 2 N–H and O–H groups in total. The van der Waals surface area contributed by atoms with Crippen LogP contribution in [0.25, 0.3) is 0 Å². The zero-order chi connectivity index (χ0) is 12.1. The average Bonchev–Trinajstić information content (AvgIpc) is 2.12. The van der Waals surface area contributed by atoms with E-state index in [1.165, 1.54) is 0 Å². The largest absolute Gasteiger partial charge is 0.341 e. The molecule has 0 saturated carbocycles. The molecule has 0 aromatic rings. The second-order valence-electron chi connectivity index (χ2n) is 4.03. The fourth-order valence-corrected chi connectivity index (χ4v) is 10.7. The molecule has 0 aliphatic carbocycles. The third kappa shape index (κ3) is 5.78. The Morgan fingerprint density at radius 1 is 1.20 bits per heavy atom. The standard InChI is InChI=1S/C10H25O2PS2/c1-5-7-8-10(4)15(9(3)6-2)13(11,12)14/h9-12,14H,5-8H2,1-4H3. The third-order valence-corrected chi connectivity index (χ3v) is 11.0. The van der Waals surface area contributed by atoms with Crippen LogP contribution in [0.1, 0.15) is 53.4 Å². The molecule has 2 nitrogen and oxygen atoms in total. The van der Waals surface area contributed by atoms with Gasteiger partial charge in [-0.15, -0.1) is 10.1 Å². The van der Waals surface area contributed by atoms with Gasteiger partial charge in [0.1, 0.15) is 0 Å². The third-order valence-electron chi connectivity index (χ3n) is 2.65. The van der Waals surface area contributed by atoms with E-state index in [0.717, 1.165) is 25.7 Å². The molecule has 0 heterocycles. The first-order chi connectivity index (χ1) is 6.84. The highest BCUT2D eigenvalue weighted by atomic mass is 32.9. The highest BCUT2D eigenvalue weighted by Gasteiger charge is 2.21. The smallest absolute Gasteiger partial charge is 0.199 e. The molecule has 3 unspecified atom stereocenters. The molecule has 0 aromatic heterocycles. The molecule has 94 valence electrons. The van der Waals surface area contributed by atoms with Gasteiger partial charge in [0.2, 0.25) is 0 Å². The fourth-order valence-electron chi connectivity index (χ4n) is 1.66. The van der Waals surface area contributed by atoms with Crippen LogP contribution in [0.5, 0.6) is 0 Å². The Labute approximate surface area is 102 Å². The lowest BCUT2D eigenvalue weighted by molar-refractivity contribution is 0.501. The van der Waals surface area contributed by atoms with Crippen molar-refractivity contribution in [2.45, 2.75) is 63.9 Å². The minimum atomic E-state index is -2.97. The monoisotopic (exact) mass is 272 g/mol. The summed E-state index contributed by atoms with van der Waals surface area (Å²) >= 11 is 4.04. The number of hydrogen-bond donors (Lipinski definition) is 3. The number of rotatable bonds is 6. The zero-order valence-electron chi connectivity index (χ0n) is 10.2. The molecular weight excluding hydrogens is 247 g/mol. The Bertz CT molecular complexity index is 229. The maximum absolute atomic E-state index is 9.79. The summed E-state index contributed by atoms with van der Waals surface area (Å²) in [7, 11) is -0.346. The summed E-state index contributed by atoms with van der Waals surface area (Å²) in [5, 5.41) is 0.735. The summed E-state index contributed by atoms with van der Waals surface area (Å²) < 4.78 is 0. The Morgan fingerprint density at radius 3 is 2.07 bits per heavy atom. The highest BCUT2D eigenvalue weighted by Crippen LogP contribution is 2.50. The van der Waals surface area contributed by atoms with E-state index in [0.29, 0.717) is 10.5 Å². The van der Waals surface area contributed by atoms with Gasteiger partial charge >= 0.3 is 0 Å². The molecule has 0 saturated heterocycles. The van der Waals surface area contributed by atoms with Crippen molar-refractivity contribution in [3.63, 3.8) is 0 Å². The van der Waals surface area contributed by atoms with Gasteiger partial charge in [-0.25, -0.2) is 0 Å². The van der Waals surface area contributed by atoms with Crippen LogP contribution in [-0.2, 0) is 10.1 Å². The summed E-state index contributed by atoms with van der Waals surface area (Å²) in [6.07, 6.45) is 4.39. The maximum atomic E-state index is 9.79. The molecule has 0 radical (unpaired) electrons. The molecular formula is C10H25O2PS2. The van der Waals surface area contributed by atoms with E-state index < -0.39 is 5.69 Å². The predicted octanol–water partition coefficient (Wildman–Crippen LogP) is 3.57. The Balaban J connectivity index is 4.82. The van der Waals surface area contributed by atoms with Crippen molar-refractivity contribution in [2.24, 2.45) is 0 Å². The van der Waals surface area contributed by atoms with Gasteiger partial charge in [0.25, 0.3) is 0 Å². The van der Waals surface area contributed by atoms with Crippen molar-refractivity contribution >= 4 is 28.0 Å². The first-order valence-corrected chi connectivity index (χ1v) is 10.4. The molecule has 15 heavy (non-hydrogen) atoms. The maximum Gasteiger partial charge on any atom is 0.199 e. The summed E-state index contributed by atoms with van der Waals surface area (Å²) in [4.78, 5) is 19.6. The molecule has 0 aliphatic heterocycles. The van der Waals surface area contributed by atoms with Crippen LogP contribution in [-0.4, -0.2) is 20.3 Å². The second-order valence-corrected chi connectivity index (χ2v) is 12.6. The van der Waals surface area contributed by atoms with E-state index in [9.17, 15) is 9.79 Å². The second kappa shape index (κ2) is 7.39. The topological polar surface area (TPSA) is 40.5 Å². The summed E-state index contributed by atoms with van der Waals surface area (Å²) in [5.41, 5.74) is -2.97. The van der Waals surface area contributed by atoms with Crippen molar-refractivity contribution in [1.29, 1.82) is 0 Å². The van der Waals surface area contributed by atoms with Crippen molar-refractivity contribution in [3.8, 4) is 0 Å². The number of hydrogen-bond acceptors (Lipinski definition) is 0. The van der Waals surface area contributed by atoms with Crippen LogP contribution in [0.3, 0.4) is 0 Å². The van der Waals surface area contributed by atoms with Crippen LogP contribution < -0.4 is 0 Å². The van der Waals surface area contributed by atoms with E-state index in [1.54, 1.807) is 0 Å². The van der Waals surface area contributed by atoms with Crippen molar-refractivity contribution in [3.05, 3.63) is 0 Å². The van der Waals surface area contributed by atoms with Crippen LogP contribution in [0, 0.1) is 0 Å². The zero-order valence-corrected chi connectivity index (χ0v) is 12.8. The number of thiol groups is 1. The van der Waals surface area contributed by atoms with E-state index >= 15 is 0 Å². The van der Waals surface area contributed by atoms with Gasteiger partial charge in [-0.3, -0.25) is 0 Å². The lowest BCUT2D eigenvalue weighted by atomic mass is 10.2. The quantitative estimate of drug-likeness (QED) is 0.511. The predicted molar refractivity (Wildman–Crippen MR) is 76.4 cm³/mol. The molecule has 0 aromatic carbocycles. The van der Waals surface area contributed by atoms with E-state index in [2.05, 4.69) is 39.9 Å². The average molecular weight is 272 g/mol. The fraction of sp³-hybridized carbons (Fsp3) is 1.00. The number of unbranched alkanes of at least 4 members (excludes halogenated alkanes) is 1. The molecule has 0 rings (SSSR count). The van der Waals surface area contributed by atoms with Gasteiger partial charge in [0.05, 0.1) is 0 Å². The molecule has 0 aliphatic rings. The Hall–Kier alpha value is 1.05.